The van der Waals surface area contributed by atoms with Crippen LogP contribution < -0.4 is 15.8 Å². The van der Waals surface area contributed by atoms with E-state index in [-0.39, 0.29) is 30.6 Å². The maximum Gasteiger partial charge on any atom is 0.245 e. The third kappa shape index (κ3) is 6.23. The molecule has 3 rings (SSSR count). The number of nitrogens with one attached hydrogen (secondary N) is 2. The molecule has 1 saturated carbocycles. The predicted octanol–water partition coefficient (Wildman–Crippen LogP) is 1.81. The van der Waals surface area contributed by atoms with Crippen molar-refractivity contribution in [3.05, 3.63) is 11.0 Å². The van der Waals surface area contributed by atoms with Crippen molar-refractivity contribution in [1.29, 1.82) is 0 Å². The van der Waals surface area contributed by atoms with Crippen LogP contribution in [-0.2, 0) is 14.4 Å². The summed E-state index contributed by atoms with van der Waals surface area (Å²) < 4.78 is 14.8. The number of hydrogen-bond acceptors (Lipinski definition) is 8. The van der Waals surface area contributed by atoms with E-state index in [4.69, 9.17) is 11.6 Å². The quantitative estimate of drug-likeness (QED) is 0.192. The largest absolute Gasteiger partial charge is 0.347 e. The molecular formula is C21H31ClFN7O4. The Balaban J connectivity index is 1.73. The molecule has 2 aliphatic rings. The van der Waals surface area contributed by atoms with Crippen molar-refractivity contribution in [3.8, 4) is 0 Å². The minimum absolute atomic E-state index is 0.126. The first-order chi connectivity index (χ1) is 16.2. The fourth-order valence-electron chi connectivity index (χ4n) is 4.63. The van der Waals surface area contributed by atoms with Crippen LogP contribution in [0.3, 0.4) is 0 Å². The van der Waals surface area contributed by atoms with Gasteiger partial charge in [0, 0.05) is 20.6 Å². The van der Waals surface area contributed by atoms with E-state index < -0.39 is 28.8 Å². The molecule has 2 heterocycles. The van der Waals surface area contributed by atoms with Crippen LogP contribution in [0.15, 0.2) is 0 Å². The van der Waals surface area contributed by atoms with Gasteiger partial charge in [-0.15, -0.1) is 0 Å². The number of hydroxylamine groups is 2. The highest BCUT2D eigenvalue weighted by Gasteiger charge is 2.35. The molecule has 1 aromatic heterocycles. The molecule has 0 spiro atoms. The number of hydrazine groups is 1. The lowest BCUT2D eigenvalue weighted by molar-refractivity contribution is -0.154. The lowest BCUT2D eigenvalue weighted by atomic mass is 9.92. The number of rotatable bonds is 10. The van der Waals surface area contributed by atoms with E-state index in [2.05, 4.69) is 20.8 Å². The summed E-state index contributed by atoms with van der Waals surface area (Å²) in [7, 11) is 3.26. The topological polar surface area (TPSA) is 131 Å². The molecule has 2 atom stereocenters. The molecule has 3 amide bonds. The average molecular weight is 500 g/mol. The molecule has 1 aliphatic heterocycles. The van der Waals surface area contributed by atoms with E-state index in [0.717, 1.165) is 25.7 Å². The zero-order valence-corrected chi connectivity index (χ0v) is 20.1. The second kappa shape index (κ2) is 11.6. The summed E-state index contributed by atoms with van der Waals surface area (Å²) in [5, 5.41) is 9.61. The van der Waals surface area contributed by atoms with Gasteiger partial charge in [-0.2, -0.15) is 14.4 Å². The van der Waals surface area contributed by atoms with E-state index in [1.165, 1.54) is 4.90 Å². The number of halogens is 2. The number of hydrogen-bond donors (Lipinski definition) is 3. The summed E-state index contributed by atoms with van der Waals surface area (Å²) in [6.45, 7) is 0.258. The molecule has 0 radical (unpaired) electrons. The van der Waals surface area contributed by atoms with Crippen LogP contribution in [0.25, 0.3) is 0 Å². The maximum absolute atomic E-state index is 14.8. The van der Waals surface area contributed by atoms with Gasteiger partial charge in [-0.3, -0.25) is 30.4 Å². The Labute approximate surface area is 202 Å². The fourth-order valence-corrected chi connectivity index (χ4v) is 4.80. The zero-order valence-electron chi connectivity index (χ0n) is 19.3. The van der Waals surface area contributed by atoms with Crippen molar-refractivity contribution in [2.45, 2.75) is 51.0 Å². The highest BCUT2D eigenvalue weighted by Crippen LogP contribution is 2.32. The van der Waals surface area contributed by atoms with Gasteiger partial charge in [-0.05, 0) is 25.2 Å². The molecule has 34 heavy (non-hydrogen) atoms. The van der Waals surface area contributed by atoms with Gasteiger partial charge < -0.3 is 9.80 Å². The molecule has 13 heteroatoms. The molecule has 1 aromatic rings. The first-order valence-corrected chi connectivity index (χ1v) is 11.8. The average Bonchev–Trinajstić information content (AvgIpc) is 3.50. The Morgan fingerprint density at radius 1 is 1.26 bits per heavy atom. The monoisotopic (exact) mass is 499 g/mol. The minimum atomic E-state index is -0.849. The van der Waals surface area contributed by atoms with E-state index in [0.29, 0.717) is 36.8 Å². The Kier molecular flexibility index (Phi) is 8.84. The number of nitrogens with zero attached hydrogens (tertiary/aromatic N) is 5. The van der Waals surface area contributed by atoms with Crippen LogP contribution in [-0.4, -0.2) is 76.6 Å². The highest BCUT2D eigenvalue weighted by molar-refractivity contribution is 6.29. The van der Waals surface area contributed by atoms with Crippen LogP contribution in [0, 0.1) is 17.7 Å². The van der Waals surface area contributed by atoms with Crippen molar-refractivity contribution >= 4 is 41.6 Å². The first kappa shape index (κ1) is 25.9. The summed E-state index contributed by atoms with van der Waals surface area (Å²) >= 11 is 5.99. The lowest BCUT2D eigenvalue weighted by Crippen LogP contribution is -2.44. The Morgan fingerprint density at radius 3 is 2.62 bits per heavy atom. The third-order valence-corrected chi connectivity index (χ3v) is 6.58. The summed E-state index contributed by atoms with van der Waals surface area (Å²) in [5.41, 5.74) is 5.03. The zero-order chi connectivity index (χ0) is 24.8. The van der Waals surface area contributed by atoms with E-state index >= 15 is 0 Å². The van der Waals surface area contributed by atoms with Crippen molar-refractivity contribution < 1.29 is 24.0 Å². The van der Waals surface area contributed by atoms with Crippen LogP contribution in [0.2, 0.25) is 5.15 Å². The van der Waals surface area contributed by atoms with Gasteiger partial charge in [-0.25, -0.2) is 5.06 Å². The molecule has 0 bridgehead atoms. The van der Waals surface area contributed by atoms with E-state index in [1.54, 1.807) is 19.0 Å². The van der Waals surface area contributed by atoms with Gasteiger partial charge in [0.25, 0.3) is 0 Å². The minimum Gasteiger partial charge on any atom is -0.347 e. The second-order valence-electron chi connectivity index (χ2n) is 8.98. The fraction of sp³-hybridized carbons (Fsp3) is 0.667. The number of carbonyl (C=O) groups excluding carboxylic acids is 3. The molecular weight excluding hydrogens is 469 g/mol. The summed E-state index contributed by atoms with van der Waals surface area (Å²) in [6.07, 6.45) is 6.16. The van der Waals surface area contributed by atoms with Crippen molar-refractivity contribution in [1.82, 2.24) is 25.4 Å². The molecule has 0 unspecified atom stereocenters. The standard InChI is InChI=1S/C21H31ClFN7O4/c1-28(2)20(33)15-8-5-9-30(15)18-16(23)17(22)24-21(25-18)27-26-19(32)14(11-29(34)12-31)10-13-6-3-4-7-13/h12-15,34H,3-11H2,1-2H3,(H,26,32)(H,24,25,27)/t14-,15+/m1/s1. The molecule has 3 N–H and O–H groups in total. The van der Waals surface area contributed by atoms with Gasteiger partial charge in [0.1, 0.15) is 6.04 Å². The SMILES string of the molecule is CN(C)C(=O)[C@@H]1CCCN1c1nc(NNC(=O)[C@H](CC2CCCC2)CN(O)C=O)nc(Cl)c1F. The number of aromatic nitrogens is 2. The Hall–Kier alpha value is -2.73. The van der Waals surface area contributed by atoms with Crippen molar-refractivity contribution in [3.63, 3.8) is 0 Å². The summed E-state index contributed by atoms with van der Waals surface area (Å²) in [4.78, 5) is 47.2. The molecule has 1 saturated heterocycles. The molecule has 11 nitrogen and oxygen atoms in total. The number of amides is 3. The van der Waals surface area contributed by atoms with E-state index in [1.807, 2.05) is 0 Å². The highest BCUT2D eigenvalue weighted by atomic mass is 35.5. The Morgan fingerprint density at radius 2 is 1.97 bits per heavy atom. The van der Waals surface area contributed by atoms with Gasteiger partial charge in [0.15, 0.2) is 11.0 Å². The number of anilines is 2. The smallest absolute Gasteiger partial charge is 0.245 e. The Bertz CT molecular complexity index is 900. The maximum atomic E-state index is 14.8. The van der Waals surface area contributed by atoms with Gasteiger partial charge in [0.2, 0.25) is 30.0 Å². The third-order valence-electron chi connectivity index (χ3n) is 6.33. The molecule has 188 valence electrons. The summed E-state index contributed by atoms with van der Waals surface area (Å²) in [6, 6.07) is -0.576. The van der Waals surface area contributed by atoms with Crippen LogP contribution in [0.5, 0.6) is 0 Å². The van der Waals surface area contributed by atoms with Crippen LogP contribution in [0.4, 0.5) is 16.2 Å². The number of likely N-dealkylation sites (N-methyl/N-ethyl adjacent to an activating group) is 1. The lowest BCUT2D eigenvalue weighted by Gasteiger charge is -2.27. The van der Waals surface area contributed by atoms with Gasteiger partial charge in [0.05, 0.1) is 12.5 Å². The van der Waals surface area contributed by atoms with Crippen molar-refractivity contribution in [2.75, 3.05) is 37.5 Å². The van der Waals surface area contributed by atoms with Gasteiger partial charge in [-0.1, -0.05) is 37.3 Å². The normalized spacial score (nSPS) is 19.1. The molecule has 1 aliphatic carbocycles. The molecule has 2 fully saturated rings. The number of carbonyl (C=O) groups is 3. The van der Waals surface area contributed by atoms with E-state index in [9.17, 15) is 24.0 Å². The first-order valence-electron chi connectivity index (χ1n) is 11.4. The molecule has 0 aromatic carbocycles. The van der Waals surface area contributed by atoms with Crippen molar-refractivity contribution in [2.24, 2.45) is 11.8 Å². The second-order valence-corrected chi connectivity index (χ2v) is 9.34. The van der Waals surface area contributed by atoms with Gasteiger partial charge >= 0.3 is 0 Å². The van der Waals surface area contributed by atoms with Crippen LogP contribution in [0.1, 0.15) is 44.9 Å². The predicted molar refractivity (Wildman–Crippen MR) is 122 cm³/mol. The summed E-state index contributed by atoms with van der Waals surface area (Å²) in [5.74, 6) is -2.10. The van der Waals surface area contributed by atoms with Crippen LogP contribution >= 0.6 is 11.6 Å².